The highest BCUT2D eigenvalue weighted by atomic mass is 28.4. The van der Waals surface area contributed by atoms with Crippen LogP contribution < -0.4 is 0 Å². The lowest BCUT2D eigenvalue weighted by Crippen LogP contribution is -2.66. The molecule has 0 fully saturated rings. The highest BCUT2D eigenvalue weighted by Crippen LogP contribution is 2.46. The van der Waals surface area contributed by atoms with Crippen LogP contribution in [0.25, 0.3) is 0 Å². The van der Waals surface area contributed by atoms with Gasteiger partial charge in [-0.25, -0.2) is 0 Å². The summed E-state index contributed by atoms with van der Waals surface area (Å²) in [6, 6.07) is -0.346. The minimum absolute atomic E-state index is 0.183. The normalized spacial score (nSPS) is 12.7. The number of rotatable bonds is 24. The summed E-state index contributed by atoms with van der Waals surface area (Å²) in [5.41, 5.74) is 0. The van der Waals surface area contributed by atoms with E-state index in [9.17, 15) is 14.4 Å². The average Bonchev–Trinajstić information content (AvgIpc) is 2.85. The molecule has 11 heteroatoms. The van der Waals surface area contributed by atoms with Crippen LogP contribution in [-0.4, -0.2) is 74.6 Å². The predicted octanol–water partition coefficient (Wildman–Crippen LogP) is 4.91. The topological polar surface area (TPSA) is 107 Å². The van der Waals surface area contributed by atoms with Gasteiger partial charge in [-0.1, -0.05) is 41.5 Å². The fourth-order valence-corrected chi connectivity index (χ4v) is 10.3. The molecule has 212 valence electrons. The van der Waals surface area contributed by atoms with Crippen LogP contribution >= 0.6 is 0 Å². The SMILES string of the molecule is CCCO[Si](CC(=O)C(C(C)=O)(C(C)=O)[Si](OCCC)(OCCC)OCCC)(OCCC)OCCC. The van der Waals surface area contributed by atoms with E-state index in [0.717, 1.165) is 0 Å². The van der Waals surface area contributed by atoms with Crippen LogP contribution in [0, 0.1) is 0 Å². The van der Waals surface area contributed by atoms with Crippen molar-refractivity contribution in [3.63, 3.8) is 0 Å². The Labute approximate surface area is 220 Å². The van der Waals surface area contributed by atoms with Crippen LogP contribution in [0.3, 0.4) is 0 Å². The van der Waals surface area contributed by atoms with Gasteiger partial charge in [-0.2, -0.15) is 0 Å². The molecule has 0 N–H and O–H groups in total. The molecule has 36 heavy (non-hydrogen) atoms. The van der Waals surface area contributed by atoms with Crippen LogP contribution in [0.4, 0.5) is 0 Å². The lowest BCUT2D eigenvalue weighted by atomic mass is 9.95. The maximum absolute atomic E-state index is 14.3. The Morgan fingerprint density at radius 1 is 0.528 bits per heavy atom. The van der Waals surface area contributed by atoms with E-state index in [0.29, 0.717) is 58.3 Å². The predicted molar refractivity (Wildman–Crippen MR) is 143 cm³/mol. The van der Waals surface area contributed by atoms with Gasteiger partial charge >= 0.3 is 17.6 Å². The molecule has 0 saturated heterocycles. The maximum Gasteiger partial charge on any atom is 0.530 e. The molecule has 0 atom stereocenters. The van der Waals surface area contributed by atoms with Crippen molar-refractivity contribution in [2.45, 2.75) is 105 Å². The second-order valence-corrected chi connectivity index (χ2v) is 14.1. The van der Waals surface area contributed by atoms with Gasteiger partial charge in [-0.05, 0) is 52.4 Å². The number of hydrogen-bond acceptors (Lipinski definition) is 9. The molecule has 0 aromatic heterocycles. The zero-order valence-corrected chi connectivity index (χ0v) is 25.9. The first-order valence-corrected chi connectivity index (χ1v) is 17.2. The van der Waals surface area contributed by atoms with Gasteiger partial charge < -0.3 is 26.6 Å². The number of carbonyl (C=O) groups excluding carboxylic acids is 3. The van der Waals surface area contributed by atoms with Crippen LogP contribution in [-0.2, 0) is 40.9 Å². The molecule has 0 saturated carbocycles. The maximum atomic E-state index is 14.3. The van der Waals surface area contributed by atoms with E-state index in [1.165, 1.54) is 13.8 Å². The average molecular weight is 551 g/mol. The van der Waals surface area contributed by atoms with Crippen LogP contribution in [0.2, 0.25) is 11.1 Å². The minimum Gasteiger partial charge on any atom is -0.373 e. The van der Waals surface area contributed by atoms with E-state index in [1.807, 2.05) is 41.5 Å². The Bertz CT molecular complexity index is 600. The van der Waals surface area contributed by atoms with Crippen molar-refractivity contribution < 1.29 is 40.9 Å². The lowest BCUT2D eigenvalue weighted by Gasteiger charge is -2.42. The van der Waals surface area contributed by atoms with Gasteiger partial charge in [0, 0.05) is 39.6 Å². The zero-order valence-electron chi connectivity index (χ0n) is 23.9. The van der Waals surface area contributed by atoms with Crippen molar-refractivity contribution in [3.05, 3.63) is 0 Å². The van der Waals surface area contributed by atoms with Gasteiger partial charge in [-0.15, -0.1) is 0 Å². The Kier molecular flexibility index (Phi) is 18.0. The van der Waals surface area contributed by atoms with Gasteiger partial charge in [0.25, 0.3) is 0 Å². The molecule has 0 aromatic rings. The van der Waals surface area contributed by atoms with Gasteiger partial charge in [0.15, 0.2) is 17.3 Å². The van der Waals surface area contributed by atoms with E-state index in [-0.39, 0.29) is 25.9 Å². The van der Waals surface area contributed by atoms with Crippen molar-refractivity contribution in [1.29, 1.82) is 0 Å². The highest BCUT2D eigenvalue weighted by Gasteiger charge is 2.72. The molecular weight excluding hydrogens is 500 g/mol. The summed E-state index contributed by atoms with van der Waals surface area (Å²) in [5.74, 6) is -1.98. The van der Waals surface area contributed by atoms with E-state index in [4.69, 9.17) is 26.6 Å². The second kappa shape index (κ2) is 18.5. The summed E-state index contributed by atoms with van der Waals surface area (Å²) < 4.78 is 36.9. The van der Waals surface area contributed by atoms with E-state index >= 15 is 0 Å². The summed E-state index contributed by atoms with van der Waals surface area (Å²) in [7, 11) is -7.81. The molecule has 0 aliphatic rings. The molecule has 0 radical (unpaired) electrons. The fraction of sp³-hybridized carbons (Fsp3) is 0.880. The Morgan fingerprint density at radius 3 is 1.06 bits per heavy atom. The minimum atomic E-state index is -4.21. The number of Topliss-reactive ketones (excluding diaryl/α,β-unsaturated/α-hetero) is 3. The van der Waals surface area contributed by atoms with Crippen LogP contribution in [0.5, 0.6) is 0 Å². The van der Waals surface area contributed by atoms with Crippen molar-refractivity contribution in [3.8, 4) is 0 Å². The molecule has 0 aliphatic heterocycles. The van der Waals surface area contributed by atoms with Crippen molar-refractivity contribution in [2.75, 3.05) is 39.6 Å². The standard InChI is InChI=1S/C25H50O9Si2/c1-9-15-29-35(30-16-10-2,31-17-11-3)21-24(28)25(22(7)26,23(8)27)36(32-18-12-4,33-19-13-5)34-20-14-6/h9-21H2,1-8H3. The van der Waals surface area contributed by atoms with Crippen molar-refractivity contribution >= 4 is 35.0 Å². The number of ketones is 3. The van der Waals surface area contributed by atoms with E-state index in [1.54, 1.807) is 0 Å². The molecule has 0 spiro atoms. The van der Waals surface area contributed by atoms with E-state index in [2.05, 4.69) is 0 Å². The second-order valence-electron chi connectivity index (χ2n) is 8.79. The largest absolute Gasteiger partial charge is 0.530 e. The molecular formula is C25H50O9Si2. The molecule has 0 aromatic carbocycles. The molecule has 0 heterocycles. The number of carbonyl (C=O) groups is 3. The third-order valence-electron chi connectivity index (χ3n) is 5.38. The fourth-order valence-electron chi connectivity index (χ4n) is 3.78. The van der Waals surface area contributed by atoms with Gasteiger partial charge in [-0.3, -0.25) is 14.4 Å². The monoisotopic (exact) mass is 550 g/mol. The Morgan fingerprint density at radius 2 is 0.806 bits per heavy atom. The van der Waals surface area contributed by atoms with Crippen LogP contribution in [0.1, 0.15) is 93.9 Å². The van der Waals surface area contributed by atoms with Crippen molar-refractivity contribution in [2.24, 2.45) is 0 Å². The highest BCUT2D eigenvalue weighted by molar-refractivity contribution is 6.81. The van der Waals surface area contributed by atoms with E-state index < -0.39 is 40.0 Å². The smallest absolute Gasteiger partial charge is 0.373 e. The Balaban J connectivity index is 6.97. The Hall–Kier alpha value is -0.796. The first kappa shape index (κ1) is 35.2. The number of hydrogen-bond donors (Lipinski definition) is 0. The first-order valence-electron chi connectivity index (χ1n) is 13.5. The third kappa shape index (κ3) is 9.19. The van der Waals surface area contributed by atoms with Gasteiger partial charge in [0.05, 0.1) is 6.04 Å². The summed E-state index contributed by atoms with van der Waals surface area (Å²) in [6.07, 6.45) is 3.86. The summed E-state index contributed by atoms with van der Waals surface area (Å²) in [4.78, 5) is 41.3. The van der Waals surface area contributed by atoms with Crippen LogP contribution in [0.15, 0.2) is 0 Å². The van der Waals surface area contributed by atoms with Gasteiger partial charge in [0.2, 0.25) is 5.04 Å². The summed E-state index contributed by atoms with van der Waals surface area (Å²) >= 11 is 0. The molecule has 0 rings (SSSR count). The van der Waals surface area contributed by atoms with Crippen molar-refractivity contribution in [1.82, 2.24) is 0 Å². The lowest BCUT2D eigenvalue weighted by molar-refractivity contribution is -0.140. The molecule has 0 unspecified atom stereocenters. The first-order chi connectivity index (χ1) is 17.1. The molecule has 0 bridgehead atoms. The summed E-state index contributed by atoms with van der Waals surface area (Å²) in [6.45, 7) is 15.5. The van der Waals surface area contributed by atoms with Gasteiger partial charge in [0.1, 0.15) is 0 Å². The molecule has 9 nitrogen and oxygen atoms in total. The molecule has 0 aliphatic carbocycles. The quantitative estimate of drug-likeness (QED) is 0.122. The molecule has 0 amide bonds. The summed E-state index contributed by atoms with van der Waals surface area (Å²) in [5, 5.41) is -2.23. The third-order valence-corrected chi connectivity index (χ3v) is 11.7. The zero-order chi connectivity index (χ0) is 27.7.